The number of amides is 2. The van der Waals surface area contributed by atoms with Crippen LogP contribution in [0.25, 0.3) is 22.4 Å². The van der Waals surface area contributed by atoms with Crippen LogP contribution in [0, 0.1) is 0 Å². The van der Waals surface area contributed by atoms with Gasteiger partial charge in [-0.3, -0.25) is 4.68 Å². The monoisotopic (exact) mass is 414 g/mol. The zero-order valence-corrected chi connectivity index (χ0v) is 17.2. The first kappa shape index (κ1) is 18.9. The highest BCUT2D eigenvalue weighted by molar-refractivity contribution is 5.91. The largest absolute Gasteiger partial charge is 0.495 e. The molecule has 0 saturated carbocycles. The minimum absolute atomic E-state index is 0.00861. The summed E-state index contributed by atoms with van der Waals surface area (Å²) in [5, 5.41) is 10.1. The third-order valence-electron chi connectivity index (χ3n) is 5.54. The molecule has 3 heterocycles. The average Bonchev–Trinajstić information content (AvgIpc) is 3.49. The minimum atomic E-state index is -0.293. The highest BCUT2D eigenvalue weighted by atomic mass is 16.5. The van der Waals surface area contributed by atoms with Gasteiger partial charge in [0.15, 0.2) is 0 Å². The number of rotatable bonds is 5. The van der Waals surface area contributed by atoms with Gasteiger partial charge in [-0.1, -0.05) is 30.3 Å². The summed E-state index contributed by atoms with van der Waals surface area (Å²) in [4.78, 5) is 16.9. The fourth-order valence-corrected chi connectivity index (χ4v) is 4.04. The molecule has 5 rings (SSSR count). The van der Waals surface area contributed by atoms with Gasteiger partial charge in [0.05, 0.1) is 43.3 Å². The van der Waals surface area contributed by atoms with Crippen LogP contribution in [0.4, 0.5) is 10.5 Å². The maximum atomic E-state index is 12.6. The number of nitrogens with zero attached hydrogens (tertiary/aromatic N) is 4. The van der Waals surface area contributed by atoms with E-state index in [2.05, 4.69) is 37.4 Å². The number of benzene rings is 2. The zero-order valence-electron chi connectivity index (χ0n) is 17.2. The van der Waals surface area contributed by atoms with E-state index in [4.69, 9.17) is 4.74 Å². The lowest BCUT2D eigenvalue weighted by atomic mass is 10.0. The van der Waals surface area contributed by atoms with Gasteiger partial charge in [0.1, 0.15) is 5.75 Å². The number of hydrogen-bond donors (Lipinski definition) is 2. The number of carbonyl (C=O) groups is 1. The topological polar surface area (TPSA) is 86.0 Å². The second kappa shape index (κ2) is 7.64. The Morgan fingerprint density at radius 1 is 1.16 bits per heavy atom. The molecule has 2 N–H and O–H groups in total. The summed E-state index contributed by atoms with van der Waals surface area (Å²) in [5.41, 5.74) is 5.94. The number of carbonyl (C=O) groups excluding carboxylic acids is 1. The highest BCUT2D eigenvalue weighted by Gasteiger charge is 2.28. The summed E-state index contributed by atoms with van der Waals surface area (Å²) in [7, 11) is 3.46. The Balaban J connectivity index is 1.29. The van der Waals surface area contributed by atoms with Crippen molar-refractivity contribution in [2.24, 2.45) is 7.05 Å². The van der Waals surface area contributed by atoms with Gasteiger partial charge in [-0.05, 0) is 23.3 Å². The number of aryl methyl sites for hydroxylation is 1. The van der Waals surface area contributed by atoms with Gasteiger partial charge in [0.25, 0.3) is 0 Å². The summed E-state index contributed by atoms with van der Waals surface area (Å²) in [6.45, 7) is 0.447. The number of hydrogen-bond acceptors (Lipinski definition) is 4. The first-order chi connectivity index (χ1) is 15.1. The summed E-state index contributed by atoms with van der Waals surface area (Å²) in [6.07, 6.45) is 7.38. The normalized spacial score (nSPS) is 14.1. The van der Waals surface area contributed by atoms with E-state index in [0.717, 1.165) is 22.4 Å². The molecule has 2 aromatic heterocycles. The van der Waals surface area contributed by atoms with Crippen molar-refractivity contribution in [3.05, 3.63) is 72.9 Å². The van der Waals surface area contributed by atoms with E-state index in [1.54, 1.807) is 24.3 Å². The lowest BCUT2D eigenvalue weighted by Gasteiger charge is -2.17. The molecule has 8 heteroatoms. The van der Waals surface area contributed by atoms with Crippen LogP contribution in [0.15, 0.2) is 67.4 Å². The number of fused-ring (bicyclic) bond motifs is 3. The Kier molecular flexibility index (Phi) is 4.66. The number of ether oxygens (including phenoxy) is 1. The van der Waals surface area contributed by atoms with Crippen molar-refractivity contribution in [1.29, 1.82) is 0 Å². The Labute approximate surface area is 179 Å². The first-order valence-corrected chi connectivity index (χ1v) is 9.97. The van der Waals surface area contributed by atoms with Crippen LogP contribution in [0.1, 0.15) is 11.6 Å². The molecule has 0 fully saturated rings. The van der Waals surface area contributed by atoms with Gasteiger partial charge < -0.3 is 19.9 Å². The predicted molar refractivity (Wildman–Crippen MR) is 118 cm³/mol. The molecule has 0 radical (unpaired) electrons. The van der Waals surface area contributed by atoms with Crippen LogP contribution in [0.2, 0.25) is 0 Å². The Morgan fingerprint density at radius 3 is 2.84 bits per heavy atom. The highest BCUT2D eigenvalue weighted by Crippen LogP contribution is 2.38. The van der Waals surface area contributed by atoms with Crippen LogP contribution in [0.5, 0.6) is 5.75 Å². The van der Waals surface area contributed by atoms with Crippen molar-refractivity contribution in [3.63, 3.8) is 0 Å². The van der Waals surface area contributed by atoms with Crippen molar-refractivity contribution < 1.29 is 9.53 Å². The molecule has 156 valence electrons. The van der Waals surface area contributed by atoms with E-state index in [1.165, 1.54) is 5.56 Å². The maximum absolute atomic E-state index is 12.6. The van der Waals surface area contributed by atoms with Gasteiger partial charge >= 0.3 is 6.03 Å². The van der Waals surface area contributed by atoms with Crippen LogP contribution < -0.4 is 15.4 Å². The summed E-state index contributed by atoms with van der Waals surface area (Å²) < 4.78 is 9.33. The molecule has 0 spiro atoms. The predicted octanol–water partition coefficient (Wildman–Crippen LogP) is 3.68. The Morgan fingerprint density at radius 2 is 2.03 bits per heavy atom. The Bertz CT molecular complexity index is 1260. The fraction of sp³-hybridized carbons (Fsp3) is 0.174. The molecular formula is C23H22N6O2. The third-order valence-corrected chi connectivity index (χ3v) is 5.54. The summed E-state index contributed by atoms with van der Waals surface area (Å²) >= 11 is 0. The van der Waals surface area contributed by atoms with E-state index >= 15 is 0 Å². The Hall–Kier alpha value is -4.07. The molecule has 1 aliphatic rings. The van der Waals surface area contributed by atoms with Crippen LogP contribution >= 0.6 is 0 Å². The quantitative estimate of drug-likeness (QED) is 0.522. The molecule has 1 aliphatic heterocycles. The van der Waals surface area contributed by atoms with E-state index < -0.39 is 0 Å². The lowest BCUT2D eigenvalue weighted by molar-refractivity contribution is 0.251. The van der Waals surface area contributed by atoms with Crippen LogP contribution in [-0.2, 0) is 7.05 Å². The van der Waals surface area contributed by atoms with E-state index in [0.29, 0.717) is 18.0 Å². The standard InChI is InChI=1S/C23H22N6O2/c1-28-13-16(10-26-28)15-7-8-19(22(9-15)31-2)27-23(30)25-12-21-18-6-4-3-5-17(18)20-11-24-14-29(20)21/h3-11,13-14,21H,12H2,1-2H3,(H2,25,27,30). The molecule has 4 aromatic rings. The van der Waals surface area contributed by atoms with Gasteiger partial charge in [-0.15, -0.1) is 0 Å². The molecule has 1 unspecified atom stereocenters. The van der Waals surface area contributed by atoms with Crippen molar-refractivity contribution in [1.82, 2.24) is 24.6 Å². The number of nitrogens with one attached hydrogen (secondary N) is 2. The SMILES string of the molecule is COc1cc(-c2cnn(C)c2)ccc1NC(=O)NCC1c2ccccc2-c2cncn21. The van der Waals surface area contributed by atoms with Crippen molar-refractivity contribution in [2.75, 3.05) is 19.0 Å². The molecule has 31 heavy (non-hydrogen) atoms. The van der Waals surface area contributed by atoms with Crippen LogP contribution in [-0.4, -0.2) is 39.0 Å². The van der Waals surface area contributed by atoms with Crippen molar-refractivity contribution in [3.8, 4) is 28.1 Å². The minimum Gasteiger partial charge on any atom is -0.495 e. The van der Waals surface area contributed by atoms with Crippen LogP contribution in [0.3, 0.4) is 0 Å². The lowest BCUT2D eigenvalue weighted by Crippen LogP contribution is -2.33. The third kappa shape index (κ3) is 3.42. The number of aromatic nitrogens is 4. The smallest absolute Gasteiger partial charge is 0.319 e. The van der Waals surface area contributed by atoms with Crippen molar-refractivity contribution >= 4 is 11.7 Å². The van der Waals surface area contributed by atoms with E-state index in [9.17, 15) is 4.79 Å². The molecular weight excluding hydrogens is 392 g/mol. The first-order valence-electron chi connectivity index (χ1n) is 9.97. The fourth-order valence-electron chi connectivity index (χ4n) is 4.04. The molecule has 0 bridgehead atoms. The molecule has 2 amide bonds. The second-order valence-corrected chi connectivity index (χ2v) is 7.44. The molecule has 1 atom stereocenters. The maximum Gasteiger partial charge on any atom is 0.319 e. The average molecular weight is 414 g/mol. The summed E-state index contributed by atoms with van der Waals surface area (Å²) in [5.74, 6) is 0.583. The van der Waals surface area contributed by atoms with E-state index in [-0.39, 0.29) is 12.1 Å². The molecule has 8 nitrogen and oxygen atoms in total. The molecule has 0 saturated heterocycles. The van der Waals surface area contributed by atoms with Gasteiger partial charge in [-0.25, -0.2) is 9.78 Å². The number of urea groups is 1. The number of anilines is 1. The molecule has 0 aliphatic carbocycles. The zero-order chi connectivity index (χ0) is 21.4. The van der Waals surface area contributed by atoms with Gasteiger partial charge in [-0.2, -0.15) is 5.10 Å². The summed E-state index contributed by atoms with van der Waals surface area (Å²) in [6, 6.07) is 13.6. The van der Waals surface area contributed by atoms with E-state index in [1.807, 2.05) is 49.8 Å². The second-order valence-electron chi connectivity index (χ2n) is 7.44. The van der Waals surface area contributed by atoms with Gasteiger partial charge in [0, 0.05) is 30.9 Å². The van der Waals surface area contributed by atoms with Gasteiger partial charge in [0.2, 0.25) is 0 Å². The number of imidazole rings is 1. The van der Waals surface area contributed by atoms with Crippen molar-refractivity contribution in [2.45, 2.75) is 6.04 Å². The number of methoxy groups -OCH3 is 1. The molecule has 2 aromatic carbocycles.